The van der Waals surface area contributed by atoms with Gasteiger partial charge in [-0.1, -0.05) is 17.4 Å². The van der Waals surface area contributed by atoms with Crippen molar-refractivity contribution in [2.24, 2.45) is 0 Å². The van der Waals surface area contributed by atoms with Crippen molar-refractivity contribution in [3.63, 3.8) is 0 Å². The summed E-state index contributed by atoms with van der Waals surface area (Å²) in [5.41, 5.74) is 3.58. The molecule has 0 radical (unpaired) electrons. The van der Waals surface area contributed by atoms with E-state index in [0.29, 0.717) is 11.0 Å². The van der Waals surface area contributed by atoms with Gasteiger partial charge in [-0.15, -0.1) is 9.78 Å². The van der Waals surface area contributed by atoms with Gasteiger partial charge in [-0.05, 0) is 44.0 Å². The van der Waals surface area contributed by atoms with Crippen LogP contribution in [0.25, 0.3) is 11.0 Å². The third-order valence-corrected chi connectivity index (χ3v) is 2.77. The molecular formula is C13H15N3O2. The van der Waals surface area contributed by atoms with Gasteiger partial charge in [-0.25, -0.2) is 4.79 Å². The van der Waals surface area contributed by atoms with E-state index >= 15 is 0 Å². The zero-order valence-corrected chi connectivity index (χ0v) is 10.7. The minimum atomic E-state index is -0.515. The first-order valence-electron chi connectivity index (χ1n) is 5.74. The fraction of sp³-hybridized carbons (Fsp3) is 0.308. The summed E-state index contributed by atoms with van der Waals surface area (Å²) < 4.78 is 6.23. The molecule has 0 fully saturated rings. The van der Waals surface area contributed by atoms with Crippen molar-refractivity contribution in [1.29, 1.82) is 0 Å². The maximum atomic E-state index is 11.8. The second-order valence-corrected chi connectivity index (χ2v) is 4.07. The highest BCUT2D eigenvalue weighted by Crippen LogP contribution is 2.17. The van der Waals surface area contributed by atoms with E-state index in [2.05, 4.69) is 10.3 Å². The van der Waals surface area contributed by atoms with E-state index in [9.17, 15) is 4.79 Å². The number of allylic oxidation sites excluding steroid dienone is 1. The summed E-state index contributed by atoms with van der Waals surface area (Å²) in [7, 11) is 0. The minimum absolute atomic E-state index is 0.238. The fourth-order valence-electron chi connectivity index (χ4n) is 1.59. The van der Waals surface area contributed by atoms with E-state index in [0.717, 1.165) is 11.1 Å². The molecule has 0 saturated carbocycles. The van der Waals surface area contributed by atoms with Gasteiger partial charge in [-0.3, -0.25) is 0 Å². The minimum Gasteiger partial charge on any atom is -0.444 e. The molecule has 0 aliphatic carbocycles. The predicted octanol–water partition coefficient (Wildman–Crippen LogP) is 2.61. The van der Waals surface area contributed by atoms with Crippen molar-refractivity contribution >= 4 is 17.1 Å². The van der Waals surface area contributed by atoms with Gasteiger partial charge < -0.3 is 4.74 Å². The van der Waals surface area contributed by atoms with Crippen molar-refractivity contribution in [1.82, 2.24) is 15.0 Å². The third kappa shape index (κ3) is 2.25. The van der Waals surface area contributed by atoms with E-state index in [1.807, 2.05) is 39.0 Å². The van der Waals surface area contributed by atoms with Crippen molar-refractivity contribution in [2.75, 3.05) is 6.61 Å². The Hall–Kier alpha value is -2.17. The number of carbonyl (C=O) groups excluding carboxylic acids is 1. The molecule has 0 aliphatic rings. The first kappa shape index (κ1) is 12.3. The Kier molecular flexibility index (Phi) is 3.41. The maximum absolute atomic E-state index is 11.8. The largest absolute Gasteiger partial charge is 0.444 e. The molecule has 5 heteroatoms. The fourth-order valence-corrected chi connectivity index (χ4v) is 1.59. The second kappa shape index (κ2) is 5.00. The molecule has 2 rings (SSSR count). The number of nitrogens with zero attached hydrogens (tertiary/aromatic N) is 3. The van der Waals surface area contributed by atoms with Gasteiger partial charge in [0.05, 0.1) is 0 Å². The Labute approximate surface area is 105 Å². The Morgan fingerprint density at radius 2 is 2.11 bits per heavy atom. The number of aryl methyl sites for hydroxylation is 2. The molecule has 0 N–H and O–H groups in total. The number of hydrogen-bond donors (Lipinski definition) is 0. The average Bonchev–Trinajstić information content (AvgIpc) is 2.73. The molecule has 0 amide bonds. The molecule has 1 aromatic carbocycles. The van der Waals surface area contributed by atoms with Gasteiger partial charge in [0.1, 0.15) is 17.6 Å². The molecule has 0 atom stereocenters. The van der Waals surface area contributed by atoms with Gasteiger partial charge in [-0.2, -0.15) is 0 Å². The van der Waals surface area contributed by atoms with Crippen molar-refractivity contribution in [2.45, 2.75) is 20.8 Å². The number of hydrogen-bond acceptors (Lipinski definition) is 4. The number of carbonyl (C=O) groups is 1. The lowest BCUT2D eigenvalue weighted by molar-refractivity contribution is 0.157. The lowest BCUT2D eigenvalue weighted by atomic mass is 10.1. The second-order valence-electron chi connectivity index (χ2n) is 4.07. The molecule has 2 aromatic rings. The zero-order chi connectivity index (χ0) is 13.1. The molecular weight excluding hydrogens is 230 g/mol. The molecule has 0 aliphatic heterocycles. The number of fused-ring (bicyclic) bond motifs is 1. The SMILES string of the molecule is C/C=C/COC(=O)n1nnc2cc(C)c(C)cc21. The Morgan fingerprint density at radius 1 is 1.39 bits per heavy atom. The Morgan fingerprint density at radius 3 is 2.83 bits per heavy atom. The number of ether oxygens (including phenoxy) is 1. The van der Waals surface area contributed by atoms with Crippen LogP contribution in [0, 0.1) is 13.8 Å². The smallest absolute Gasteiger partial charge is 0.437 e. The maximum Gasteiger partial charge on any atom is 0.437 e. The lowest BCUT2D eigenvalue weighted by Gasteiger charge is -2.03. The van der Waals surface area contributed by atoms with Crippen LogP contribution in [0.5, 0.6) is 0 Å². The summed E-state index contributed by atoms with van der Waals surface area (Å²) >= 11 is 0. The summed E-state index contributed by atoms with van der Waals surface area (Å²) in [6.45, 7) is 6.09. The van der Waals surface area contributed by atoms with Crippen LogP contribution >= 0.6 is 0 Å². The number of benzene rings is 1. The molecule has 18 heavy (non-hydrogen) atoms. The molecule has 0 unspecified atom stereocenters. The quantitative estimate of drug-likeness (QED) is 0.763. The summed E-state index contributed by atoms with van der Waals surface area (Å²) in [5, 5.41) is 7.79. The van der Waals surface area contributed by atoms with Crippen LogP contribution in [0.15, 0.2) is 24.3 Å². The van der Waals surface area contributed by atoms with E-state index in [1.54, 1.807) is 6.08 Å². The highest BCUT2D eigenvalue weighted by Gasteiger charge is 2.13. The molecule has 0 bridgehead atoms. The summed E-state index contributed by atoms with van der Waals surface area (Å²) in [5.74, 6) is 0. The molecule has 1 heterocycles. The van der Waals surface area contributed by atoms with E-state index in [1.165, 1.54) is 4.68 Å². The highest BCUT2D eigenvalue weighted by atomic mass is 16.6. The predicted molar refractivity (Wildman–Crippen MR) is 68.6 cm³/mol. The van der Waals surface area contributed by atoms with Gasteiger partial charge in [0.25, 0.3) is 0 Å². The molecule has 0 spiro atoms. The van der Waals surface area contributed by atoms with E-state index < -0.39 is 6.09 Å². The van der Waals surface area contributed by atoms with Crippen molar-refractivity contribution in [3.8, 4) is 0 Å². The van der Waals surface area contributed by atoms with Crippen LogP contribution in [0.1, 0.15) is 18.1 Å². The standard InChI is InChI=1S/C13H15N3O2/c1-4-5-6-18-13(17)16-12-8-10(3)9(2)7-11(12)14-15-16/h4-5,7-8H,6H2,1-3H3/b5-4+. The van der Waals surface area contributed by atoms with E-state index in [-0.39, 0.29) is 6.61 Å². The van der Waals surface area contributed by atoms with Crippen molar-refractivity contribution < 1.29 is 9.53 Å². The van der Waals surface area contributed by atoms with Gasteiger partial charge in [0.15, 0.2) is 0 Å². The van der Waals surface area contributed by atoms with Crippen LogP contribution in [0.2, 0.25) is 0 Å². The summed E-state index contributed by atoms with van der Waals surface area (Å²) in [4.78, 5) is 11.8. The lowest BCUT2D eigenvalue weighted by Crippen LogP contribution is -2.15. The first-order chi connectivity index (χ1) is 8.63. The summed E-state index contributed by atoms with van der Waals surface area (Å²) in [6, 6.07) is 3.80. The van der Waals surface area contributed by atoms with Crippen LogP contribution in [0.3, 0.4) is 0 Å². The van der Waals surface area contributed by atoms with E-state index in [4.69, 9.17) is 4.74 Å². The number of aromatic nitrogens is 3. The normalized spacial score (nSPS) is 11.3. The first-order valence-corrected chi connectivity index (χ1v) is 5.74. The van der Waals surface area contributed by atoms with Gasteiger partial charge in [0.2, 0.25) is 0 Å². The Bertz CT molecular complexity index is 614. The zero-order valence-electron chi connectivity index (χ0n) is 10.7. The van der Waals surface area contributed by atoms with Crippen LogP contribution in [0.4, 0.5) is 4.79 Å². The van der Waals surface area contributed by atoms with Crippen LogP contribution in [-0.4, -0.2) is 27.7 Å². The molecule has 94 valence electrons. The van der Waals surface area contributed by atoms with Crippen LogP contribution in [-0.2, 0) is 4.74 Å². The van der Waals surface area contributed by atoms with Gasteiger partial charge >= 0.3 is 6.09 Å². The highest BCUT2D eigenvalue weighted by molar-refractivity contribution is 5.85. The third-order valence-electron chi connectivity index (χ3n) is 2.77. The molecule has 5 nitrogen and oxygen atoms in total. The summed E-state index contributed by atoms with van der Waals surface area (Å²) in [6.07, 6.45) is 3.06. The topological polar surface area (TPSA) is 57.0 Å². The number of rotatable bonds is 2. The molecule has 1 aromatic heterocycles. The molecule has 0 saturated heterocycles. The monoisotopic (exact) mass is 245 g/mol. The van der Waals surface area contributed by atoms with Crippen molar-refractivity contribution in [3.05, 3.63) is 35.4 Å². The Balaban J connectivity index is 2.34. The average molecular weight is 245 g/mol. The van der Waals surface area contributed by atoms with Gasteiger partial charge in [0, 0.05) is 0 Å². The van der Waals surface area contributed by atoms with Crippen LogP contribution < -0.4 is 0 Å².